The van der Waals surface area contributed by atoms with E-state index in [4.69, 9.17) is 0 Å². The molecule has 152 valence electrons. The number of rotatable bonds is 6. The quantitative estimate of drug-likeness (QED) is 0.501. The van der Waals surface area contributed by atoms with Gasteiger partial charge in [-0.25, -0.2) is 13.1 Å². The molecule has 2 rings (SSSR count). The van der Waals surface area contributed by atoms with Crippen molar-refractivity contribution < 1.29 is 8.42 Å². The van der Waals surface area contributed by atoms with Crippen LogP contribution < -0.4 is 20.3 Å². The summed E-state index contributed by atoms with van der Waals surface area (Å²) in [5.41, 5.74) is 1.90. The molecule has 27 heavy (non-hydrogen) atoms. The Morgan fingerprint density at radius 2 is 1.96 bits per heavy atom. The second-order valence-corrected chi connectivity index (χ2v) is 9.70. The van der Waals surface area contributed by atoms with Crippen LogP contribution in [0.5, 0.6) is 0 Å². The van der Waals surface area contributed by atoms with Crippen molar-refractivity contribution in [2.24, 2.45) is 4.99 Å². The van der Waals surface area contributed by atoms with Gasteiger partial charge in [0.1, 0.15) is 0 Å². The van der Waals surface area contributed by atoms with Gasteiger partial charge >= 0.3 is 0 Å². The van der Waals surface area contributed by atoms with Gasteiger partial charge < -0.3 is 15.5 Å². The van der Waals surface area contributed by atoms with Gasteiger partial charge in [-0.05, 0) is 45.7 Å². The molecule has 1 fully saturated rings. The highest BCUT2D eigenvalue weighted by Crippen LogP contribution is 2.20. The molecule has 1 aliphatic rings. The number of piperidine rings is 1. The second-order valence-electron chi connectivity index (χ2n) is 7.95. The number of aliphatic imine (C=N–C) groups is 1. The second kappa shape index (κ2) is 8.93. The van der Waals surface area contributed by atoms with E-state index in [0.29, 0.717) is 12.5 Å². The molecule has 7 nitrogen and oxygen atoms in total. The first-order valence-corrected chi connectivity index (χ1v) is 11.2. The summed E-state index contributed by atoms with van der Waals surface area (Å²) in [6.07, 6.45) is 3.36. The summed E-state index contributed by atoms with van der Waals surface area (Å²) in [7, 11) is -1.53. The summed E-state index contributed by atoms with van der Waals surface area (Å²) in [5, 5.41) is 6.71. The fourth-order valence-electron chi connectivity index (χ4n) is 3.32. The molecule has 1 aliphatic heterocycles. The Kier molecular flexibility index (Phi) is 7.11. The van der Waals surface area contributed by atoms with Crippen molar-refractivity contribution in [2.45, 2.75) is 45.2 Å². The van der Waals surface area contributed by atoms with Gasteiger partial charge in [0.2, 0.25) is 10.0 Å². The molecular formula is C19H33N5O2S. The molecule has 0 aromatic heterocycles. The van der Waals surface area contributed by atoms with Crippen LogP contribution in [0.2, 0.25) is 0 Å². The molecule has 0 aliphatic carbocycles. The summed E-state index contributed by atoms with van der Waals surface area (Å²) >= 11 is 0. The average molecular weight is 396 g/mol. The number of hydrogen-bond acceptors (Lipinski definition) is 4. The van der Waals surface area contributed by atoms with E-state index < -0.39 is 15.6 Å². The van der Waals surface area contributed by atoms with Crippen LogP contribution in [0.4, 0.5) is 5.69 Å². The van der Waals surface area contributed by atoms with Crippen LogP contribution in [-0.2, 0) is 10.0 Å². The van der Waals surface area contributed by atoms with Crippen LogP contribution in [0.1, 0.15) is 32.3 Å². The van der Waals surface area contributed by atoms with Crippen LogP contribution in [-0.4, -0.2) is 58.9 Å². The maximum atomic E-state index is 11.5. The maximum Gasteiger partial charge on any atom is 0.209 e. The lowest BCUT2D eigenvalue weighted by Gasteiger charge is -2.36. The number of guanidine groups is 1. The Labute approximate surface area is 163 Å². The third kappa shape index (κ3) is 7.38. The van der Waals surface area contributed by atoms with Gasteiger partial charge in [0.25, 0.3) is 0 Å². The standard InChI is InChI=1S/C19H33N5O2S/c1-15-8-10-17(11-9-15)24-12-6-7-16(13-24)22-18(20-4)21-14-19(2,3)23-27(5,25)26/h8-11,16,23H,6-7,12-14H2,1-5H3,(H2,20,21,22). The van der Waals surface area contributed by atoms with Crippen molar-refractivity contribution in [1.82, 2.24) is 15.4 Å². The Morgan fingerprint density at radius 3 is 2.56 bits per heavy atom. The van der Waals surface area contributed by atoms with Gasteiger partial charge in [0, 0.05) is 44.0 Å². The van der Waals surface area contributed by atoms with Crippen molar-refractivity contribution in [3.05, 3.63) is 29.8 Å². The molecule has 0 amide bonds. The maximum absolute atomic E-state index is 11.5. The van der Waals surface area contributed by atoms with Crippen LogP contribution >= 0.6 is 0 Å². The van der Waals surface area contributed by atoms with E-state index in [0.717, 1.165) is 25.9 Å². The zero-order valence-electron chi connectivity index (χ0n) is 17.0. The number of hydrogen-bond donors (Lipinski definition) is 3. The Hall–Kier alpha value is -1.80. The molecule has 0 saturated carbocycles. The van der Waals surface area contributed by atoms with Crippen LogP contribution in [0.3, 0.4) is 0 Å². The normalized spacial score (nSPS) is 19.1. The molecule has 1 atom stereocenters. The lowest BCUT2D eigenvalue weighted by Crippen LogP contribution is -2.56. The molecule has 1 aromatic rings. The molecule has 1 saturated heterocycles. The van der Waals surface area contributed by atoms with E-state index >= 15 is 0 Å². The molecule has 8 heteroatoms. The lowest BCUT2D eigenvalue weighted by atomic mass is 10.0. The highest BCUT2D eigenvalue weighted by atomic mass is 32.2. The summed E-state index contributed by atoms with van der Waals surface area (Å²) < 4.78 is 25.6. The van der Waals surface area contributed by atoms with Crippen LogP contribution in [0.15, 0.2) is 29.3 Å². The fraction of sp³-hybridized carbons (Fsp3) is 0.632. The van der Waals surface area contributed by atoms with Crippen LogP contribution in [0.25, 0.3) is 0 Å². The van der Waals surface area contributed by atoms with Gasteiger partial charge in [-0.1, -0.05) is 17.7 Å². The third-order valence-electron chi connectivity index (χ3n) is 4.54. The highest BCUT2D eigenvalue weighted by molar-refractivity contribution is 7.88. The number of aryl methyl sites for hydroxylation is 1. The third-order valence-corrected chi connectivity index (χ3v) is 5.47. The van der Waals surface area contributed by atoms with Gasteiger partial charge in [-0.2, -0.15) is 0 Å². The number of benzene rings is 1. The molecule has 3 N–H and O–H groups in total. The van der Waals surface area contributed by atoms with Gasteiger partial charge in [-0.3, -0.25) is 4.99 Å². The SMILES string of the molecule is CN=C(NCC(C)(C)NS(C)(=O)=O)NC1CCCN(c2ccc(C)cc2)C1. The zero-order chi connectivity index (χ0) is 20.1. The minimum absolute atomic E-state index is 0.289. The summed E-state index contributed by atoms with van der Waals surface area (Å²) in [4.78, 5) is 6.68. The number of anilines is 1. The molecular weight excluding hydrogens is 362 g/mol. The van der Waals surface area contributed by atoms with E-state index in [1.165, 1.54) is 17.5 Å². The van der Waals surface area contributed by atoms with E-state index in [1.807, 2.05) is 13.8 Å². The fourth-order valence-corrected chi connectivity index (χ4v) is 4.39. The Balaban J connectivity index is 1.91. The summed E-state index contributed by atoms with van der Waals surface area (Å²) in [6.45, 7) is 8.18. The summed E-state index contributed by atoms with van der Waals surface area (Å²) in [5.74, 6) is 0.689. The molecule has 1 aromatic carbocycles. The van der Waals surface area contributed by atoms with Gasteiger partial charge in [0.05, 0.1) is 6.26 Å². The first kappa shape index (κ1) is 21.5. The van der Waals surface area contributed by atoms with Crippen molar-refractivity contribution in [3.8, 4) is 0 Å². The smallest absolute Gasteiger partial charge is 0.209 e. The first-order chi connectivity index (χ1) is 12.6. The highest BCUT2D eigenvalue weighted by Gasteiger charge is 2.24. The van der Waals surface area contributed by atoms with Crippen molar-refractivity contribution >= 4 is 21.7 Å². The largest absolute Gasteiger partial charge is 0.369 e. The van der Waals surface area contributed by atoms with Crippen LogP contribution in [0, 0.1) is 6.92 Å². The minimum atomic E-state index is -3.26. The Morgan fingerprint density at radius 1 is 1.30 bits per heavy atom. The molecule has 1 unspecified atom stereocenters. The zero-order valence-corrected chi connectivity index (χ0v) is 17.9. The van der Waals surface area contributed by atoms with E-state index in [-0.39, 0.29) is 6.04 Å². The number of sulfonamides is 1. The average Bonchev–Trinajstić information content (AvgIpc) is 2.57. The molecule has 0 bridgehead atoms. The molecule has 1 heterocycles. The monoisotopic (exact) mass is 395 g/mol. The molecule has 0 radical (unpaired) electrons. The van der Waals surface area contributed by atoms with E-state index in [2.05, 4.69) is 56.4 Å². The molecule has 0 spiro atoms. The van der Waals surface area contributed by atoms with Crippen molar-refractivity contribution in [3.63, 3.8) is 0 Å². The topological polar surface area (TPSA) is 85.8 Å². The first-order valence-electron chi connectivity index (χ1n) is 9.36. The van der Waals surface area contributed by atoms with Gasteiger partial charge in [-0.15, -0.1) is 0 Å². The summed E-state index contributed by atoms with van der Waals surface area (Å²) in [6, 6.07) is 8.92. The van der Waals surface area contributed by atoms with E-state index in [9.17, 15) is 8.42 Å². The van der Waals surface area contributed by atoms with Gasteiger partial charge in [0.15, 0.2) is 5.96 Å². The Bertz CT molecular complexity index is 744. The predicted molar refractivity (Wildman–Crippen MR) is 113 cm³/mol. The lowest BCUT2D eigenvalue weighted by molar-refractivity contribution is 0.436. The number of nitrogens with zero attached hydrogens (tertiary/aromatic N) is 2. The van der Waals surface area contributed by atoms with Crippen molar-refractivity contribution in [2.75, 3.05) is 37.8 Å². The predicted octanol–water partition coefficient (Wildman–Crippen LogP) is 1.46. The van der Waals surface area contributed by atoms with E-state index in [1.54, 1.807) is 7.05 Å². The minimum Gasteiger partial charge on any atom is -0.369 e. The number of nitrogens with one attached hydrogen (secondary N) is 3. The van der Waals surface area contributed by atoms with Crippen molar-refractivity contribution in [1.29, 1.82) is 0 Å².